The first kappa shape index (κ1) is 14.6. The van der Waals surface area contributed by atoms with E-state index in [1.807, 2.05) is 43.2 Å². The summed E-state index contributed by atoms with van der Waals surface area (Å²) in [5.74, 6) is 0.427. The second kappa shape index (κ2) is 5.13. The maximum Gasteiger partial charge on any atom is 0.246 e. The highest BCUT2D eigenvalue weighted by molar-refractivity contribution is 7.09. The molecule has 2 atom stereocenters. The van der Waals surface area contributed by atoms with Gasteiger partial charge in [-0.15, -0.1) is 11.3 Å². The summed E-state index contributed by atoms with van der Waals surface area (Å²) in [6.45, 7) is 6.54. The molecule has 2 amide bonds. The minimum Gasteiger partial charge on any atom is -0.342 e. The molecule has 1 saturated carbocycles. The fourth-order valence-corrected chi connectivity index (χ4v) is 3.65. The van der Waals surface area contributed by atoms with Gasteiger partial charge in [0.05, 0.1) is 6.54 Å². The van der Waals surface area contributed by atoms with Crippen molar-refractivity contribution in [3.8, 4) is 0 Å². The number of carbonyl (C=O) groups is 2. The molecule has 1 aromatic rings. The second-order valence-electron chi connectivity index (χ2n) is 7.14. The number of carbonyl (C=O) groups excluding carboxylic acids is 2. The van der Waals surface area contributed by atoms with Crippen molar-refractivity contribution in [1.29, 1.82) is 0 Å². The molecule has 1 N–H and O–H groups in total. The highest BCUT2D eigenvalue weighted by Crippen LogP contribution is 2.39. The Labute approximate surface area is 129 Å². The van der Waals surface area contributed by atoms with E-state index < -0.39 is 6.04 Å². The van der Waals surface area contributed by atoms with E-state index >= 15 is 0 Å². The molecule has 0 bridgehead atoms. The standard InChI is InChI=1S/C16H22N2O2S/c1-16(2,3)13-15(20)18(9-11-5-4-8-21-11)12(10-6-7-10)14(19)17-13/h4-5,8,10,12-13H,6-7,9H2,1-3H3,(H,17,19). The summed E-state index contributed by atoms with van der Waals surface area (Å²) in [5.41, 5.74) is -0.269. The zero-order valence-electron chi connectivity index (χ0n) is 12.8. The monoisotopic (exact) mass is 306 g/mol. The second-order valence-corrected chi connectivity index (χ2v) is 8.17. The number of nitrogens with zero attached hydrogens (tertiary/aromatic N) is 1. The minimum absolute atomic E-state index is 0.0218. The quantitative estimate of drug-likeness (QED) is 0.932. The van der Waals surface area contributed by atoms with E-state index in [0.717, 1.165) is 17.7 Å². The lowest BCUT2D eigenvalue weighted by Crippen LogP contribution is -2.66. The number of amides is 2. The summed E-state index contributed by atoms with van der Waals surface area (Å²) in [6.07, 6.45) is 2.10. The van der Waals surface area contributed by atoms with Crippen molar-refractivity contribution in [3.63, 3.8) is 0 Å². The summed E-state index contributed by atoms with van der Waals surface area (Å²) in [6, 6.07) is 3.31. The van der Waals surface area contributed by atoms with Crippen LogP contribution in [0.1, 0.15) is 38.5 Å². The highest BCUT2D eigenvalue weighted by atomic mass is 32.1. The minimum atomic E-state index is -0.431. The molecule has 0 spiro atoms. The molecule has 4 nitrogen and oxygen atoms in total. The Balaban J connectivity index is 1.89. The third-order valence-corrected chi connectivity index (χ3v) is 5.12. The molecule has 1 aliphatic carbocycles. The van der Waals surface area contributed by atoms with Crippen molar-refractivity contribution >= 4 is 23.2 Å². The predicted molar refractivity (Wildman–Crippen MR) is 82.8 cm³/mol. The molecule has 2 aliphatic rings. The van der Waals surface area contributed by atoms with Crippen LogP contribution in [0.25, 0.3) is 0 Å². The van der Waals surface area contributed by atoms with E-state index in [4.69, 9.17) is 0 Å². The first-order valence-electron chi connectivity index (χ1n) is 7.51. The molecule has 21 heavy (non-hydrogen) atoms. The molecule has 0 radical (unpaired) electrons. The predicted octanol–water partition coefficient (Wildman–Crippen LogP) is 2.40. The Kier molecular flexibility index (Phi) is 3.56. The lowest BCUT2D eigenvalue weighted by molar-refractivity contribution is -0.154. The first-order valence-corrected chi connectivity index (χ1v) is 8.39. The van der Waals surface area contributed by atoms with Crippen LogP contribution in [0.3, 0.4) is 0 Å². The lowest BCUT2D eigenvalue weighted by atomic mass is 9.83. The number of piperazine rings is 1. The van der Waals surface area contributed by atoms with Gasteiger partial charge in [-0.3, -0.25) is 9.59 Å². The van der Waals surface area contributed by atoms with Crippen LogP contribution < -0.4 is 5.32 Å². The van der Waals surface area contributed by atoms with E-state index in [-0.39, 0.29) is 23.3 Å². The number of thiophene rings is 1. The first-order chi connectivity index (χ1) is 9.88. The SMILES string of the molecule is CC(C)(C)C1NC(=O)C(C2CC2)N(Cc2cccs2)C1=O. The van der Waals surface area contributed by atoms with Crippen molar-refractivity contribution in [2.75, 3.05) is 0 Å². The summed E-state index contributed by atoms with van der Waals surface area (Å²) in [7, 11) is 0. The average molecular weight is 306 g/mol. The van der Waals surface area contributed by atoms with Crippen LogP contribution in [0.5, 0.6) is 0 Å². The van der Waals surface area contributed by atoms with Crippen molar-refractivity contribution < 1.29 is 9.59 Å². The smallest absolute Gasteiger partial charge is 0.246 e. The lowest BCUT2D eigenvalue weighted by Gasteiger charge is -2.43. The van der Waals surface area contributed by atoms with Crippen molar-refractivity contribution in [2.24, 2.45) is 11.3 Å². The molecule has 114 valence electrons. The van der Waals surface area contributed by atoms with Crippen LogP contribution >= 0.6 is 11.3 Å². The van der Waals surface area contributed by atoms with Gasteiger partial charge in [-0.1, -0.05) is 26.8 Å². The van der Waals surface area contributed by atoms with Crippen LogP contribution in [0.15, 0.2) is 17.5 Å². The van der Waals surface area contributed by atoms with Gasteiger partial charge >= 0.3 is 0 Å². The molecule has 2 fully saturated rings. The normalized spacial score (nSPS) is 26.9. The van der Waals surface area contributed by atoms with Crippen LogP contribution in [0.4, 0.5) is 0 Å². The molecule has 0 aromatic carbocycles. The molecule has 1 aliphatic heterocycles. The molecule has 5 heteroatoms. The summed E-state index contributed by atoms with van der Waals surface area (Å²) >= 11 is 1.64. The third kappa shape index (κ3) is 2.84. The zero-order valence-corrected chi connectivity index (χ0v) is 13.6. The Hall–Kier alpha value is -1.36. The van der Waals surface area contributed by atoms with Crippen LogP contribution in [0.2, 0.25) is 0 Å². The third-order valence-electron chi connectivity index (χ3n) is 4.26. The molecule has 2 heterocycles. The Morgan fingerprint density at radius 3 is 2.57 bits per heavy atom. The largest absolute Gasteiger partial charge is 0.342 e. The molecule has 3 rings (SSSR count). The summed E-state index contributed by atoms with van der Waals surface area (Å²) in [5, 5.41) is 4.97. The van der Waals surface area contributed by atoms with Gasteiger partial charge in [0.25, 0.3) is 0 Å². The van der Waals surface area contributed by atoms with Gasteiger partial charge in [0.1, 0.15) is 12.1 Å². The van der Waals surface area contributed by atoms with Crippen molar-refractivity contribution in [3.05, 3.63) is 22.4 Å². The summed E-state index contributed by atoms with van der Waals surface area (Å²) < 4.78 is 0. The Morgan fingerprint density at radius 1 is 1.33 bits per heavy atom. The molecule has 1 aromatic heterocycles. The Bertz CT molecular complexity index is 543. The van der Waals surface area contributed by atoms with Gasteiger partial charge in [-0.05, 0) is 35.6 Å². The Morgan fingerprint density at radius 2 is 2.05 bits per heavy atom. The molecular formula is C16H22N2O2S. The topological polar surface area (TPSA) is 49.4 Å². The van der Waals surface area contributed by atoms with Gasteiger partial charge in [-0.2, -0.15) is 0 Å². The fourth-order valence-electron chi connectivity index (χ4n) is 2.95. The average Bonchev–Trinajstić information content (AvgIpc) is 3.08. The molecule has 1 saturated heterocycles. The number of hydrogen-bond acceptors (Lipinski definition) is 3. The molecule has 2 unspecified atom stereocenters. The van der Waals surface area contributed by atoms with Crippen LogP contribution in [-0.2, 0) is 16.1 Å². The van der Waals surface area contributed by atoms with Crippen LogP contribution in [-0.4, -0.2) is 28.8 Å². The van der Waals surface area contributed by atoms with Crippen molar-refractivity contribution in [1.82, 2.24) is 10.2 Å². The zero-order chi connectivity index (χ0) is 15.2. The maximum atomic E-state index is 12.9. The summed E-state index contributed by atoms with van der Waals surface area (Å²) in [4.78, 5) is 28.4. The fraction of sp³-hybridized carbons (Fsp3) is 0.625. The van der Waals surface area contributed by atoms with Crippen molar-refractivity contribution in [2.45, 2.75) is 52.2 Å². The number of rotatable bonds is 3. The van der Waals surface area contributed by atoms with E-state index in [1.54, 1.807) is 11.3 Å². The molecular weight excluding hydrogens is 284 g/mol. The van der Waals surface area contributed by atoms with Gasteiger partial charge in [0, 0.05) is 4.88 Å². The maximum absolute atomic E-state index is 12.9. The van der Waals surface area contributed by atoms with E-state index in [1.165, 1.54) is 0 Å². The van der Waals surface area contributed by atoms with Gasteiger partial charge in [0.15, 0.2) is 0 Å². The van der Waals surface area contributed by atoms with E-state index in [0.29, 0.717) is 12.5 Å². The van der Waals surface area contributed by atoms with Gasteiger partial charge < -0.3 is 10.2 Å². The van der Waals surface area contributed by atoms with Crippen LogP contribution in [0, 0.1) is 11.3 Å². The van der Waals surface area contributed by atoms with E-state index in [2.05, 4.69) is 5.32 Å². The number of hydrogen-bond donors (Lipinski definition) is 1. The van der Waals surface area contributed by atoms with E-state index in [9.17, 15) is 9.59 Å². The highest BCUT2D eigenvalue weighted by Gasteiger charge is 2.50. The van der Waals surface area contributed by atoms with Gasteiger partial charge in [-0.25, -0.2) is 0 Å². The van der Waals surface area contributed by atoms with Gasteiger partial charge in [0.2, 0.25) is 11.8 Å². The number of nitrogens with one attached hydrogen (secondary N) is 1.